The molecule has 1 rings (SSSR count). The molecule has 4 heteroatoms. The third-order valence-corrected chi connectivity index (χ3v) is 1.76. The van der Waals surface area contributed by atoms with Crippen molar-refractivity contribution in [1.29, 1.82) is 0 Å². The van der Waals surface area contributed by atoms with Gasteiger partial charge in [-0.2, -0.15) is 0 Å². The molecule has 0 N–H and O–H groups in total. The van der Waals surface area contributed by atoms with E-state index < -0.39 is 0 Å². The van der Waals surface area contributed by atoms with Gasteiger partial charge in [0, 0.05) is 0 Å². The first-order valence-electron chi connectivity index (χ1n) is 3.88. The van der Waals surface area contributed by atoms with E-state index in [1.54, 1.807) is 7.11 Å². The Morgan fingerprint density at radius 1 is 1.33 bits per heavy atom. The normalized spacial score (nSPS) is 8.33. The molecule has 0 unspecified atom stereocenters. The van der Waals surface area contributed by atoms with Gasteiger partial charge >= 0.3 is 69.3 Å². The number of hydrogen-bond donors (Lipinski definition) is 0. The summed E-state index contributed by atoms with van der Waals surface area (Å²) in [6.07, 6.45) is 0. The summed E-state index contributed by atoms with van der Waals surface area (Å²) in [7, 11) is 1.64. The Balaban J connectivity index is 0.000000561. The first-order chi connectivity index (χ1) is 5.74. The molecule has 1 heterocycles. The summed E-state index contributed by atoms with van der Waals surface area (Å²) in [6, 6.07) is 1.89. The second-order valence-electron chi connectivity index (χ2n) is 1.92. The number of methoxy groups -OCH3 is 1. The first kappa shape index (κ1) is 11.5. The molecule has 64 valence electrons. The molecule has 0 saturated heterocycles. The summed E-state index contributed by atoms with van der Waals surface area (Å²) in [5.74, 6) is 0.814. The summed E-state index contributed by atoms with van der Waals surface area (Å²) in [5.41, 5.74) is 0.837. The second kappa shape index (κ2) is 6.08. The molecule has 0 aromatic carbocycles. The van der Waals surface area contributed by atoms with Gasteiger partial charge in [-0.3, -0.25) is 0 Å². The van der Waals surface area contributed by atoms with Crippen molar-refractivity contribution in [3.63, 3.8) is 0 Å². The van der Waals surface area contributed by atoms with Gasteiger partial charge in [-0.05, 0) is 0 Å². The Kier molecular flexibility index (Phi) is 5.83. The molecule has 0 aliphatic rings. The number of hydrogen-bond acceptors (Lipinski definition) is 3. The van der Waals surface area contributed by atoms with Crippen LogP contribution >= 0.6 is 0 Å². The Morgan fingerprint density at radius 2 is 1.92 bits per heavy atom. The van der Waals surface area contributed by atoms with Gasteiger partial charge < -0.3 is 0 Å². The van der Waals surface area contributed by atoms with E-state index in [0.717, 1.165) is 15.7 Å². The Bertz CT molecular complexity index is 240. The third kappa shape index (κ3) is 3.28. The number of rotatable bonds is 1. The van der Waals surface area contributed by atoms with Crippen LogP contribution in [0.3, 0.4) is 0 Å². The van der Waals surface area contributed by atoms with Crippen LogP contribution in [0.25, 0.3) is 0 Å². The van der Waals surface area contributed by atoms with E-state index in [1.807, 2.05) is 26.8 Å². The molecule has 0 aliphatic heterocycles. The fraction of sp³-hybridized carbons (Fsp3) is 0.500. The van der Waals surface area contributed by atoms with E-state index in [2.05, 4.69) is 10.2 Å². The van der Waals surface area contributed by atoms with Gasteiger partial charge in [0.2, 0.25) is 0 Å². The van der Waals surface area contributed by atoms with Crippen molar-refractivity contribution in [2.24, 2.45) is 0 Å². The standard InChI is InChI=1S/C6H7N2O.C2H6.Ga/c1-5-6(9-2)3-4-7-8-5;1-2;/h3H,1-2H3;1-2H3;. The van der Waals surface area contributed by atoms with E-state index in [-0.39, 0.29) is 0 Å². The zero-order valence-corrected chi connectivity index (χ0v) is 10.4. The number of nitrogens with zero attached hydrogens (tertiary/aromatic N) is 2. The van der Waals surface area contributed by atoms with Crippen LogP contribution in [0.15, 0.2) is 6.07 Å². The molecule has 0 amide bonds. The fourth-order valence-corrected chi connectivity index (χ4v) is 1.10. The van der Waals surface area contributed by atoms with Crippen LogP contribution in [0, 0.1) is 6.92 Å². The van der Waals surface area contributed by atoms with Gasteiger partial charge in [0.15, 0.2) is 0 Å². The van der Waals surface area contributed by atoms with Gasteiger partial charge in [0.1, 0.15) is 0 Å². The first-order valence-corrected chi connectivity index (χ1v) is 5.09. The summed E-state index contributed by atoms with van der Waals surface area (Å²) >= 11 is 1.45. The minimum absolute atomic E-state index is 0.814. The van der Waals surface area contributed by atoms with Crippen LogP contribution in [0.4, 0.5) is 0 Å². The van der Waals surface area contributed by atoms with Gasteiger partial charge in [-0.1, -0.05) is 13.8 Å². The Labute approximate surface area is 83.5 Å². The van der Waals surface area contributed by atoms with Gasteiger partial charge in [-0.25, -0.2) is 0 Å². The topological polar surface area (TPSA) is 35.0 Å². The molecule has 12 heavy (non-hydrogen) atoms. The molecule has 0 saturated carbocycles. The van der Waals surface area contributed by atoms with E-state index in [4.69, 9.17) is 4.74 Å². The van der Waals surface area contributed by atoms with Crippen molar-refractivity contribution >= 4 is 22.8 Å². The predicted octanol–water partition coefficient (Wildman–Crippen LogP) is 0.614. The number of ether oxygens (including phenoxy) is 1. The average molecular weight is 223 g/mol. The number of aromatic nitrogens is 2. The molecule has 0 atom stereocenters. The van der Waals surface area contributed by atoms with Crippen LogP contribution in [-0.2, 0) is 0 Å². The van der Waals surface area contributed by atoms with Crippen LogP contribution in [-0.4, -0.2) is 35.9 Å². The van der Waals surface area contributed by atoms with E-state index in [9.17, 15) is 0 Å². The van der Waals surface area contributed by atoms with Crippen molar-refractivity contribution in [1.82, 2.24) is 10.2 Å². The second-order valence-corrected chi connectivity index (χ2v) is 3.16. The van der Waals surface area contributed by atoms with Crippen molar-refractivity contribution in [3.8, 4) is 5.75 Å². The molecule has 2 radical (unpaired) electrons. The average Bonchev–Trinajstić information content (AvgIpc) is 2.13. The SMILES string of the molecule is CC.COc1c[c]([Ga])nnc1C. The van der Waals surface area contributed by atoms with Crippen LogP contribution in [0.1, 0.15) is 19.5 Å². The molecule has 0 bridgehead atoms. The van der Waals surface area contributed by atoms with Crippen LogP contribution < -0.4 is 8.99 Å². The summed E-state index contributed by atoms with van der Waals surface area (Å²) in [6.45, 7) is 5.87. The minimum atomic E-state index is 0.814. The van der Waals surface area contributed by atoms with Gasteiger partial charge in [-0.15, -0.1) is 0 Å². The van der Waals surface area contributed by atoms with Crippen molar-refractivity contribution in [2.45, 2.75) is 20.8 Å². The molecular weight excluding hydrogens is 210 g/mol. The summed E-state index contributed by atoms with van der Waals surface area (Å²) in [5, 5.41) is 7.78. The molecule has 3 nitrogen and oxygen atoms in total. The molecule has 0 fully saturated rings. The van der Waals surface area contributed by atoms with Crippen LogP contribution in [0.5, 0.6) is 5.75 Å². The Morgan fingerprint density at radius 3 is 2.33 bits per heavy atom. The summed E-state index contributed by atoms with van der Waals surface area (Å²) < 4.78 is 5.97. The zero-order chi connectivity index (χ0) is 9.56. The van der Waals surface area contributed by atoms with Gasteiger partial charge in [0.05, 0.1) is 0 Å². The van der Waals surface area contributed by atoms with Gasteiger partial charge in [0.25, 0.3) is 0 Å². The van der Waals surface area contributed by atoms with Crippen molar-refractivity contribution in [3.05, 3.63) is 11.8 Å². The molecule has 0 aliphatic carbocycles. The van der Waals surface area contributed by atoms with Crippen molar-refractivity contribution in [2.75, 3.05) is 7.11 Å². The van der Waals surface area contributed by atoms with E-state index >= 15 is 0 Å². The summed E-state index contributed by atoms with van der Waals surface area (Å²) in [4.78, 5) is 0. The van der Waals surface area contributed by atoms with Crippen LogP contribution in [0.2, 0.25) is 0 Å². The predicted molar refractivity (Wildman–Crippen MR) is 50.1 cm³/mol. The molecule has 0 spiro atoms. The zero-order valence-electron chi connectivity index (χ0n) is 7.96. The Hall–Kier alpha value is -0.484. The van der Waals surface area contributed by atoms with E-state index in [1.165, 1.54) is 18.6 Å². The molecule has 1 aromatic rings. The maximum absolute atomic E-state index is 5.03. The monoisotopic (exact) mass is 222 g/mol. The quantitative estimate of drug-likeness (QED) is 0.654. The number of aryl methyl sites for hydroxylation is 1. The van der Waals surface area contributed by atoms with Crippen molar-refractivity contribution < 1.29 is 4.74 Å². The molecular formula is C8H13GaN2O. The van der Waals surface area contributed by atoms with E-state index in [0.29, 0.717) is 0 Å². The third-order valence-electron chi connectivity index (χ3n) is 1.17. The fourth-order valence-electron chi connectivity index (χ4n) is 0.656. The molecule has 1 aromatic heterocycles. The maximum atomic E-state index is 5.03.